The van der Waals surface area contributed by atoms with Crippen molar-refractivity contribution in [3.05, 3.63) is 53.8 Å². The first-order valence-electron chi connectivity index (χ1n) is 9.88. The van der Waals surface area contributed by atoms with Gasteiger partial charge in [-0.05, 0) is 56.7 Å². The van der Waals surface area contributed by atoms with E-state index in [1.165, 1.54) is 18.2 Å². The number of hydrogen-bond acceptors (Lipinski definition) is 4. The van der Waals surface area contributed by atoms with Crippen molar-refractivity contribution in [1.82, 2.24) is 10.6 Å². The minimum Gasteiger partial charge on any atom is -0.490 e. The van der Waals surface area contributed by atoms with Crippen molar-refractivity contribution < 1.29 is 18.7 Å². The molecule has 0 fully saturated rings. The number of amides is 1. The zero-order valence-corrected chi connectivity index (χ0v) is 20.5. The average Bonchev–Trinajstić information content (AvgIpc) is 2.72. The number of guanidine groups is 1. The second-order valence-electron chi connectivity index (χ2n) is 6.42. The fourth-order valence-electron chi connectivity index (χ4n) is 2.76. The highest BCUT2D eigenvalue weighted by Crippen LogP contribution is 2.30. The smallest absolute Gasteiger partial charge is 0.243 e. The number of aliphatic imine (C=N–C) groups is 1. The van der Waals surface area contributed by atoms with Crippen LogP contribution in [0.25, 0.3) is 0 Å². The Hall–Kier alpha value is -2.56. The Balaban J connectivity index is 0.00000480. The number of rotatable bonds is 9. The summed E-state index contributed by atoms with van der Waals surface area (Å²) < 4.78 is 24.5. The van der Waals surface area contributed by atoms with E-state index >= 15 is 0 Å². The molecule has 31 heavy (non-hydrogen) atoms. The predicted molar refractivity (Wildman–Crippen MR) is 132 cm³/mol. The lowest BCUT2D eigenvalue weighted by atomic mass is 10.1. The highest BCUT2D eigenvalue weighted by atomic mass is 127. The Morgan fingerprint density at radius 3 is 2.45 bits per heavy atom. The van der Waals surface area contributed by atoms with Crippen LogP contribution in [0.1, 0.15) is 32.4 Å². The molecule has 7 nitrogen and oxygen atoms in total. The van der Waals surface area contributed by atoms with Gasteiger partial charge in [-0.25, -0.2) is 4.39 Å². The molecular formula is C22H30FIN4O3. The summed E-state index contributed by atoms with van der Waals surface area (Å²) in [5.41, 5.74) is 1.38. The Morgan fingerprint density at radius 1 is 1.10 bits per heavy atom. The Bertz CT molecular complexity index is 880. The van der Waals surface area contributed by atoms with Crippen LogP contribution in [0.15, 0.2) is 47.5 Å². The van der Waals surface area contributed by atoms with Gasteiger partial charge in [0.1, 0.15) is 5.82 Å². The molecule has 3 N–H and O–H groups in total. The molecule has 1 unspecified atom stereocenters. The van der Waals surface area contributed by atoms with E-state index in [0.29, 0.717) is 36.4 Å². The first-order chi connectivity index (χ1) is 14.5. The van der Waals surface area contributed by atoms with Crippen LogP contribution in [0.4, 0.5) is 10.1 Å². The summed E-state index contributed by atoms with van der Waals surface area (Å²) in [4.78, 5) is 16.3. The van der Waals surface area contributed by atoms with Crippen molar-refractivity contribution in [3.8, 4) is 11.5 Å². The highest BCUT2D eigenvalue weighted by molar-refractivity contribution is 14.0. The van der Waals surface area contributed by atoms with E-state index in [-0.39, 0.29) is 42.5 Å². The molecule has 0 radical (unpaired) electrons. The Labute approximate surface area is 199 Å². The summed E-state index contributed by atoms with van der Waals surface area (Å²) in [5.74, 6) is 1.13. The van der Waals surface area contributed by atoms with Crippen LogP contribution in [0.5, 0.6) is 11.5 Å². The van der Waals surface area contributed by atoms with Crippen LogP contribution in [-0.2, 0) is 4.79 Å². The molecule has 1 atom stereocenters. The highest BCUT2D eigenvalue weighted by Gasteiger charge is 2.13. The van der Waals surface area contributed by atoms with Gasteiger partial charge in [0.25, 0.3) is 0 Å². The number of nitrogens with zero attached hydrogens (tertiary/aromatic N) is 1. The van der Waals surface area contributed by atoms with E-state index in [9.17, 15) is 9.18 Å². The predicted octanol–water partition coefficient (Wildman–Crippen LogP) is 4.11. The largest absolute Gasteiger partial charge is 0.490 e. The third-order valence-corrected chi connectivity index (χ3v) is 4.17. The van der Waals surface area contributed by atoms with Crippen molar-refractivity contribution in [2.24, 2.45) is 4.99 Å². The van der Waals surface area contributed by atoms with Gasteiger partial charge in [-0.2, -0.15) is 0 Å². The number of carbonyl (C=O) groups excluding carboxylic acids is 1. The lowest BCUT2D eigenvalue weighted by Crippen LogP contribution is -2.42. The normalized spacial score (nSPS) is 11.7. The van der Waals surface area contributed by atoms with E-state index in [4.69, 9.17) is 9.47 Å². The number of hydrogen-bond donors (Lipinski definition) is 3. The van der Waals surface area contributed by atoms with Gasteiger partial charge in [-0.1, -0.05) is 12.1 Å². The summed E-state index contributed by atoms with van der Waals surface area (Å²) >= 11 is 0. The minimum atomic E-state index is -0.408. The minimum absolute atomic E-state index is 0. The van der Waals surface area contributed by atoms with Gasteiger partial charge in [-0.3, -0.25) is 9.79 Å². The Kier molecular flexibility index (Phi) is 11.7. The molecule has 0 aromatic heterocycles. The monoisotopic (exact) mass is 544 g/mol. The van der Waals surface area contributed by atoms with E-state index in [2.05, 4.69) is 20.9 Å². The van der Waals surface area contributed by atoms with Crippen LogP contribution in [0.2, 0.25) is 0 Å². The van der Waals surface area contributed by atoms with Gasteiger partial charge < -0.3 is 25.4 Å². The van der Waals surface area contributed by atoms with Crippen LogP contribution in [0, 0.1) is 5.82 Å². The molecule has 0 heterocycles. The zero-order valence-electron chi connectivity index (χ0n) is 18.2. The first-order valence-corrected chi connectivity index (χ1v) is 9.88. The molecule has 0 bridgehead atoms. The molecular weight excluding hydrogens is 514 g/mol. The molecule has 0 aliphatic carbocycles. The van der Waals surface area contributed by atoms with Gasteiger partial charge in [0.05, 0.1) is 25.8 Å². The van der Waals surface area contributed by atoms with Crippen molar-refractivity contribution in [3.63, 3.8) is 0 Å². The molecule has 2 aromatic carbocycles. The number of nitrogens with one attached hydrogen (secondary N) is 3. The second-order valence-corrected chi connectivity index (χ2v) is 6.42. The SMILES string of the molecule is CCOc1ccc(C(C)NC(=NC)NCC(=O)Nc2cccc(F)c2)cc1OCC.I. The summed E-state index contributed by atoms with van der Waals surface area (Å²) in [6.07, 6.45) is 0. The summed E-state index contributed by atoms with van der Waals surface area (Å²) in [6, 6.07) is 11.4. The number of anilines is 1. The van der Waals surface area contributed by atoms with Crippen molar-refractivity contribution in [1.29, 1.82) is 0 Å². The molecule has 0 saturated heterocycles. The summed E-state index contributed by atoms with van der Waals surface area (Å²) in [7, 11) is 1.62. The van der Waals surface area contributed by atoms with Gasteiger partial charge >= 0.3 is 0 Å². The molecule has 2 rings (SSSR count). The quantitative estimate of drug-likeness (QED) is 0.252. The summed E-state index contributed by atoms with van der Waals surface area (Å²) in [5, 5.41) is 8.82. The second kappa shape index (κ2) is 13.7. The molecule has 0 aliphatic heterocycles. The van der Waals surface area contributed by atoms with Crippen molar-refractivity contribution >= 4 is 41.5 Å². The van der Waals surface area contributed by atoms with Crippen LogP contribution in [0.3, 0.4) is 0 Å². The molecule has 170 valence electrons. The lowest BCUT2D eigenvalue weighted by molar-refractivity contribution is -0.115. The molecule has 0 aliphatic rings. The zero-order chi connectivity index (χ0) is 21.9. The van der Waals surface area contributed by atoms with Gasteiger partial charge in [0.2, 0.25) is 5.91 Å². The maximum absolute atomic E-state index is 13.2. The standard InChI is InChI=1S/C22H29FN4O3.HI/c1-5-29-19-11-10-16(12-20(19)30-6-2)15(3)26-22(24-4)25-14-21(28)27-18-9-7-8-17(23)13-18;/h7-13,15H,5-6,14H2,1-4H3,(H,27,28)(H2,24,25,26);1H. The number of benzene rings is 2. The third kappa shape index (κ3) is 8.60. The average molecular weight is 544 g/mol. The maximum Gasteiger partial charge on any atom is 0.243 e. The lowest BCUT2D eigenvalue weighted by Gasteiger charge is -2.20. The van der Waals surface area contributed by atoms with E-state index < -0.39 is 5.82 Å². The molecule has 0 spiro atoms. The van der Waals surface area contributed by atoms with Gasteiger partial charge in [-0.15, -0.1) is 24.0 Å². The molecule has 2 aromatic rings. The first kappa shape index (κ1) is 26.5. The van der Waals surface area contributed by atoms with E-state index in [1.807, 2.05) is 39.0 Å². The maximum atomic E-state index is 13.2. The van der Waals surface area contributed by atoms with Crippen molar-refractivity contribution in [2.45, 2.75) is 26.8 Å². The molecule has 1 amide bonds. The third-order valence-electron chi connectivity index (χ3n) is 4.17. The van der Waals surface area contributed by atoms with Crippen LogP contribution < -0.4 is 25.4 Å². The summed E-state index contributed by atoms with van der Waals surface area (Å²) in [6.45, 7) is 6.90. The molecule has 0 saturated carbocycles. The molecule has 9 heteroatoms. The van der Waals surface area contributed by atoms with Crippen LogP contribution in [-0.4, -0.2) is 38.7 Å². The number of ether oxygens (including phenoxy) is 2. The van der Waals surface area contributed by atoms with Crippen molar-refractivity contribution in [2.75, 3.05) is 32.1 Å². The number of carbonyl (C=O) groups is 1. The van der Waals surface area contributed by atoms with Gasteiger partial charge in [0, 0.05) is 12.7 Å². The van der Waals surface area contributed by atoms with E-state index in [1.54, 1.807) is 13.1 Å². The fourth-order valence-corrected chi connectivity index (χ4v) is 2.76. The van der Waals surface area contributed by atoms with Gasteiger partial charge in [0.15, 0.2) is 17.5 Å². The number of halogens is 2. The topological polar surface area (TPSA) is 84.0 Å². The Morgan fingerprint density at radius 2 is 1.81 bits per heavy atom. The fraction of sp³-hybridized carbons (Fsp3) is 0.364. The van der Waals surface area contributed by atoms with Crippen LogP contribution >= 0.6 is 24.0 Å². The van der Waals surface area contributed by atoms with E-state index in [0.717, 1.165) is 5.56 Å².